The first kappa shape index (κ1) is 12.0. The van der Waals surface area contributed by atoms with Gasteiger partial charge in [0.2, 0.25) is 0 Å². The van der Waals surface area contributed by atoms with Crippen molar-refractivity contribution < 1.29 is 14.3 Å². The van der Waals surface area contributed by atoms with Crippen LogP contribution in [-0.2, 0) is 6.42 Å². The van der Waals surface area contributed by atoms with E-state index in [4.69, 9.17) is 4.42 Å². The first-order valence-corrected chi connectivity index (χ1v) is 6.27. The van der Waals surface area contributed by atoms with E-state index >= 15 is 0 Å². The molecule has 2 N–H and O–H groups in total. The Balaban J connectivity index is 1.82. The number of rotatable bonds is 2. The number of nitrogens with one attached hydrogen (secondary N) is 1. The summed E-state index contributed by atoms with van der Waals surface area (Å²) in [6.45, 7) is 1.79. The van der Waals surface area contributed by atoms with Crippen molar-refractivity contribution in [2.24, 2.45) is 0 Å². The second kappa shape index (κ2) is 4.55. The van der Waals surface area contributed by atoms with Crippen molar-refractivity contribution in [1.82, 2.24) is 5.32 Å². The smallest absolute Gasteiger partial charge is 0.255 e. The van der Waals surface area contributed by atoms with E-state index in [9.17, 15) is 9.90 Å². The van der Waals surface area contributed by atoms with Crippen molar-refractivity contribution in [2.75, 3.05) is 0 Å². The van der Waals surface area contributed by atoms with Gasteiger partial charge in [0.25, 0.3) is 5.91 Å². The van der Waals surface area contributed by atoms with Crippen molar-refractivity contribution in [3.63, 3.8) is 0 Å². The van der Waals surface area contributed by atoms with Crippen LogP contribution in [0.2, 0.25) is 0 Å². The minimum atomic E-state index is -0.575. The summed E-state index contributed by atoms with van der Waals surface area (Å²) in [5.74, 6) is 0.468. The van der Waals surface area contributed by atoms with Gasteiger partial charge in [-0.3, -0.25) is 4.79 Å². The molecule has 1 heterocycles. The lowest BCUT2D eigenvalue weighted by atomic mass is 10.1. The summed E-state index contributed by atoms with van der Waals surface area (Å²) in [5.41, 5.74) is 2.56. The van der Waals surface area contributed by atoms with Crippen LogP contribution in [0.5, 0.6) is 0 Å². The molecular weight excluding hydrogens is 242 g/mol. The highest BCUT2D eigenvalue weighted by molar-refractivity contribution is 5.94. The third-order valence-corrected chi connectivity index (χ3v) is 3.48. The first-order chi connectivity index (χ1) is 9.15. The van der Waals surface area contributed by atoms with E-state index in [1.54, 1.807) is 13.0 Å². The van der Waals surface area contributed by atoms with Crippen molar-refractivity contribution in [1.29, 1.82) is 0 Å². The van der Waals surface area contributed by atoms with Crippen molar-refractivity contribution in [3.8, 4) is 0 Å². The van der Waals surface area contributed by atoms with Gasteiger partial charge in [-0.05, 0) is 24.1 Å². The number of benzene rings is 1. The van der Waals surface area contributed by atoms with Gasteiger partial charge >= 0.3 is 0 Å². The highest BCUT2D eigenvalue weighted by Gasteiger charge is 2.32. The summed E-state index contributed by atoms with van der Waals surface area (Å²) in [6.07, 6.45) is 1.43. The molecule has 2 aromatic rings. The van der Waals surface area contributed by atoms with Gasteiger partial charge in [-0.15, -0.1) is 0 Å². The molecule has 1 amide bonds. The molecule has 0 aliphatic heterocycles. The molecule has 0 bridgehead atoms. The van der Waals surface area contributed by atoms with Crippen LogP contribution in [0.4, 0.5) is 0 Å². The standard InChI is InChI=1S/C15H15NO3/c1-9-6-11(8-19-9)15(18)16-14-12-5-3-2-4-10(12)7-13(14)17/h2-6,8,13-14,17H,7H2,1H3,(H,16,18)/t13-,14+/m0/s1. The number of aryl methyl sites for hydroxylation is 1. The number of aliphatic hydroxyl groups is 1. The number of fused-ring (bicyclic) bond motifs is 1. The second-order valence-corrected chi connectivity index (χ2v) is 4.87. The molecule has 3 rings (SSSR count). The molecule has 1 aromatic heterocycles. The number of aliphatic hydroxyl groups excluding tert-OH is 1. The molecule has 1 aliphatic rings. The van der Waals surface area contributed by atoms with Gasteiger partial charge in [0.15, 0.2) is 0 Å². The molecule has 0 fully saturated rings. The number of hydrogen-bond acceptors (Lipinski definition) is 3. The molecule has 1 aromatic carbocycles. The van der Waals surface area contributed by atoms with Gasteiger partial charge in [0.1, 0.15) is 12.0 Å². The molecule has 1 aliphatic carbocycles. The maximum atomic E-state index is 12.1. The minimum absolute atomic E-state index is 0.224. The SMILES string of the molecule is Cc1cc(C(=O)N[C@@H]2c3ccccc3C[C@@H]2O)co1. The van der Waals surface area contributed by atoms with E-state index in [-0.39, 0.29) is 11.9 Å². The van der Waals surface area contributed by atoms with Crippen LogP contribution in [0.25, 0.3) is 0 Å². The molecule has 98 valence electrons. The van der Waals surface area contributed by atoms with Crippen LogP contribution in [0, 0.1) is 6.92 Å². The monoisotopic (exact) mass is 257 g/mol. The van der Waals surface area contributed by atoms with E-state index in [2.05, 4.69) is 5.32 Å². The molecule has 19 heavy (non-hydrogen) atoms. The van der Waals surface area contributed by atoms with Crippen LogP contribution in [0.3, 0.4) is 0 Å². The Morgan fingerprint density at radius 1 is 1.42 bits per heavy atom. The molecule has 0 radical (unpaired) electrons. The molecule has 4 heteroatoms. The van der Waals surface area contributed by atoms with E-state index in [0.29, 0.717) is 17.7 Å². The zero-order chi connectivity index (χ0) is 13.4. The predicted molar refractivity (Wildman–Crippen MR) is 69.8 cm³/mol. The average Bonchev–Trinajstić information content (AvgIpc) is 2.95. The van der Waals surface area contributed by atoms with Crippen LogP contribution >= 0.6 is 0 Å². The van der Waals surface area contributed by atoms with Gasteiger partial charge in [0.05, 0.1) is 17.7 Å². The van der Waals surface area contributed by atoms with E-state index < -0.39 is 6.10 Å². The number of amides is 1. The quantitative estimate of drug-likeness (QED) is 0.864. The Hall–Kier alpha value is -2.07. The Morgan fingerprint density at radius 2 is 2.21 bits per heavy atom. The second-order valence-electron chi connectivity index (χ2n) is 4.87. The third kappa shape index (κ3) is 2.15. The van der Waals surface area contributed by atoms with E-state index in [1.807, 2.05) is 24.3 Å². The fourth-order valence-corrected chi connectivity index (χ4v) is 2.53. The largest absolute Gasteiger partial charge is 0.469 e. The molecule has 0 saturated heterocycles. The van der Waals surface area contributed by atoms with E-state index in [0.717, 1.165) is 11.1 Å². The van der Waals surface area contributed by atoms with Gasteiger partial charge < -0.3 is 14.8 Å². The van der Waals surface area contributed by atoms with Crippen molar-refractivity contribution >= 4 is 5.91 Å². The first-order valence-electron chi connectivity index (χ1n) is 6.27. The number of carbonyl (C=O) groups is 1. The van der Waals surface area contributed by atoms with Gasteiger partial charge in [0, 0.05) is 6.42 Å². The third-order valence-electron chi connectivity index (χ3n) is 3.48. The molecule has 4 nitrogen and oxygen atoms in total. The van der Waals surface area contributed by atoms with Crippen LogP contribution in [-0.4, -0.2) is 17.1 Å². The molecule has 0 spiro atoms. The minimum Gasteiger partial charge on any atom is -0.469 e. The average molecular weight is 257 g/mol. The lowest BCUT2D eigenvalue weighted by molar-refractivity contribution is 0.0857. The summed E-state index contributed by atoms with van der Waals surface area (Å²) in [4.78, 5) is 12.1. The summed E-state index contributed by atoms with van der Waals surface area (Å²) >= 11 is 0. The Labute approximate surface area is 111 Å². The molecular formula is C15H15NO3. The van der Waals surface area contributed by atoms with Crippen molar-refractivity contribution in [2.45, 2.75) is 25.5 Å². The lowest BCUT2D eigenvalue weighted by Crippen LogP contribution is -2.33. The summed E-state index contributed by atoms with van der Waals surface area (Å²) in [5, 5.41) is 12.9. The predicted octanol–water partition coefficient (Wildman–Crippen LogP) is 1.98. The molecule has 0 unspecified atom stereocenters. The highest BCUT2D eigenvalue weighted by Crippen LogP contribution is 2.31. The summed E-state index contributed by atoms with van der Waals surface area (Å²) in [6, 6.07) is 9.11. The van der Waals surface area contributed by atoms with Crippen molar-refractivity contribution in [3.05, 3.63) is 59.0 Å². The highest BCUT2D eigenvalue weighted by atomic mass is 16.3. The fraction of sp³-hybridized carbons (Fsp3) is 0.267. The van der Waals surface area contributed by atoms with Gasteiger partial charge in [-0.1, -0.05) is 24.3 Å². The van der Waals surface area contributed by atoms with Crippen LogP contribution < -0.4 is 5.32 Å². The summed E-state index contributed by atoms with van der Waals surface area (Å²) in [7, 11) is 0. The Kier molecular flexibility index (Phi) is 2.87. The Morgan fingerprint density at radius 3 is 2.95 bits per heavy atom. The number of furan rings is 1. The normalized spacial score (nSPS) is 21.2. The fourth-order valence-electron chi connectivity index (χ4n) is 2.53. The Bertz CT molecular complexity index is 617. The topological polar surface area (TPSA) is 62.5 Å². The molecule has 0 saturated carbocycles. The number of carbonyl (C=O) groups excluding carboxylic acids is 1. The number of hydrogen-bond donors (Lipinski definition) is 2. The summed E-state index contributed by atoms with van der Waals surface area (Å²) < 4.78 is 5.12. The van der Waals surface area contributed by atoms with Gasteiger partial charge in [-0.2, -0.15) is 0 Å². The maximum absolute atomic E-state index is 12.1. The van der Waals surface area contributed by atoms with Crippen LogP contribution in [0.15, 0.2) is 41.0 Å². The maximum Gasteiger partial charge on any atom is 0.255 e. The van der Waals surface area contributed by atoms with Crippen LogP contribution in [0.1, 0.15) is 33.3 Å². The zero-order valence-corrected chi connectivity index (χ0v) is 10.6. The van der Waals surface area contributed by atoms with E-state index in [1.165, 1.54) is 6.26 Å². The van der Waals surface area contributed by atoms with Gasteiger partial charge in [-0.25, -0.2) is 0 Å². The lowest BCUT2D eigenvalue weighted by Gasteiger charge is -2.17. The zero-order valence-electron chi connectivity index (χ0n) is 10.6. The molecule has 2 atom stereocenters.